The predicted octanol–water partition coefficient (Wildman–Crippen LogP) is 3.63. The number of benzene rings is 2. The third-order valence-electron chi connectivity index (χ3n) is 2.97. The lowest BCUT2D eigenvalue weighted by Crippen LogP contribution is -2.26. The molecule has 4 heteroatoms. The van der Waals surface area contributed by atoms with Crippen molar-refractivity contribution < 1.29 is 9.90 Å². The van der Waals surface area contributed by atoms with Crippen molar-refractivity contribution in [2.75, 3.05) is 11.9 Å². The largest absolute Gasteiger partial charge is 0.508 e. The zero-order valence-electron chi connectivity index (χ0n) is 10.7. The molecular weight excluding hydrogens is 262 g/mol. The summed E-state index contributed by atoms with van der Waals surface area (Å²) < 4.78 is 0. The van der Waals surface area contributed by atoms with E-state index in [9.17, 15) is 9.90 Å². The van der Waals surface area contributed by atoms with Gasteiger partial charge in [0.05, 0.1) is 0 Å². The molecular formula is C15H14ClNO2. The van der Waals surface area contributed by atoms with E-state index >= 15 is 0 Å². The molecule has 1 N–H and O–H groups in total. The van der Waals surface area contributed by atoms with Crippen molar-refractivity contribution in [1.29, 1.82) is 0 Å². The number of rotatable bonds is 2. The minimum atomic E-state index is -0.134. The van der Waals surface area contributed by atoms with Gasteiger partial charge in [-0.2, -0.15) is 0 Å². The Morgan fingerprint density at radius 3 is 2.42 bits per heavy atom. The monoisotopic (exact) mass is 275 g/mol. The highest BCUT2D eigenvalue weighted by Gasteiger charge is 2.16. The summed E-state index contributed by atoms with van der Waals surface area (Å²) >= 11 is 5.93. The lowest BCUT2D eigenvalue weighted by Gasteiger charge is -2.18. The molecule has 0 unspecified atom stereocenters. The lowest BCUT2D eigenvalue weighted by atomic mass is 10.1. The van der Waals surface area contributed by atoms with Crippen LogP contribution < -0.4 is 4.90 Å². The van der Waals surface area contributed by atoms with Crippen LogP contribution in [-0.2, 0) is 0 Å². The Hall–Kier alpha value is -2.00. The van der Waals surface area contributed by atoms with Gasteiger partial charge in [-0.25, -0.2) is 0 Å². The number of nitrogens with zero attached hydrogens (tertiary/aromatic N) is 1. The van der Waals surface area contributed by atoms with E-state index in [0.717, 1.165) is 5.56 Å². The molecule has 0 bridgehead atoms. The molecule has 0 fully saturated rings. The van der Waals surface area contributed by atoms with Crippen molar-refractivity contribution in [3.8, 4) is 5.75 Å². The van der Waals surface area contributed by atoms with Crippen molar-refractivity contribution in [2.24, 2.45) is 0 Å². The Morgan fingerprint density at radius 1 is 1.16 bits per heavy atom. The van der Waals surface area contributed by atoms with E-state index in [0.29, 0.717) is 16.3 Å². The van der Waals surface area contributed by atoms with Gasteiger partial charge in [0, 0.05) is 23.3 Å². The van der Waals surface area contributed by atoms with Gasteiger partial charge in [-0.15, -0.1) is 0 Å². The average Bonchev–Trinajstić information content (AvgIpc) is 2.41. The Morgan fingerprint density at radius 2 is 1.79 bits per heavy atom. The van der Waals surface area contributed by atoms with Gasteiger partial charge in [-0.05, 0) is 48.9 Å². The molecule has 1 amide bonds. The van der Waals surface area contributed by atoms with Crippen LogP contribution in [0.25, 0.3) is 0 Å². The van der Waals surface area contributed by atoms with E-state index < -0.39 is 0 Å². The van der Waals surface area contributed by atoms with Crippen LogP contribution in [0.4, 0.5) is 5.69 Å². The molecule has 2 aromatic carbocycles. The van der Waals surface area contributed by atoms with Crippen molar-refractivity contribution in [3.63, 3.8) is 0 Å². The van der Waals surface area contributed by atoms with Crippen LogP contribution in [0.2, 0.25) is 5.02 Å². The van der Waals surface area contributed by atoms with Gasteiger partial charge in [0.25, 0.3) is 5.91 Å². The van der Waals surface area contributed by atoms with Gasteiger partial charge in [-0.3, -0.25) is 4.79 Å². The summed E-state index contributed by atoms with van der Waals surface area (Å²) in [5.41, 5.74) is 2.16. The van der Waals surface area contributed by atoms with Crippen LogP contribution in [-0.4, -0.2) is 18.1 Å². The molecule has 19 heavy (non-hydrogen) atoms. The molecule has 0 saturated carbocycles. The molecule has 3 nitrogen and oxygen atoms in total. The minimum absolute atomic E-state index is 0.134. The standard InChI is InChI=1S/C15H14ClNO2/c1-10-3-4-11(16)9-14(10)15(19)17(2)12-5-7-13(18)8-6-12/h3-9,18H,1-2H3. The fourth-order valence-corrected chi connectivity index (χ4v) is 1.97. The smallest absolute Gasteiger partial charge is 0.258 e. The summed E-state index contributed by atoms with van der Waals surface area (Å²) in [6.45, 7) is 1.87. The maximum Gasteiger partial charge on any atom is 0.258 e. The van der Waals surface area contributed by atoms with Crippen LogP contribution in [0.15, 0.2) is 42.5 Å². The fraction of sp³-hybridized carbons (Fsp3) is 0.133. The van der Waals surface area contributed by atoms with E-state index in [1.54, 1.807) is 43.4 Å². The fourth-order valence-electron chi connectivity index (χ4n) is 1.80. The summed E-state index contributed by atoms with van der Waals surface area (Å²) in [6.07, 6.45) is 0. The highest BCUT2D eigenvalue weighted by molar-refractivity contribution is 6.31. The lowest BCUT2D eigenvalue weighted by molar-refractivity contribution is 0.0992. The van der Waals surface area contributed by atoms with E-state index in [-0.39, 0.29) is 11.7 Å². The van der Waals surface area contributed by atoms with Crippen LogP contribution in [0, 0.1) is 6.92 Å². The van der Waals surface area contributed by atoms with Gasteiger partial charge in [-0.1, -0.05) is 17.7 Å². The van der Waals surface area contributed by atoms with Crippen LogP contribution >= 0.6 is 11.6 Å². The van der Waals surface area contributed by atoms with Crippen molar-refractivity contribution in [1.82, 2.24) is 0 Å². The molecule has 0 radical (unpaired) electrons. The summed E-state index contributed by atoms with van der Waals surface area (Å²) in [4.78, 5) is 13.9. The van der Waals surface area contributed by atoms with E-state index in [1.165, 1.54) is 4.90 Å². The second kappa shape index (κ2) is 5.33. The Labute approximate surface area is 117 Å². The van der Waals surface area contributed by atoms with Crippen LogP contribution in [0.5, 0.6) is 5.75 Å². The number of halogens is 1. The van der Waals surface area contributed by atoms with Gasteiger partial charge in [0.15, 0.2) is 0 Å². The zero-order chi connectivity index (χ0) is 14.0. The van der Waals surface area contributed by atoms with Crippen LogP contribution in [0.1, 0.15) is 15.9 Å². The molecule has 0 atom stereocenters. The molecule has 0 aliphatic heterocycles. The molecule has 2 rings (SSSR count). The van der Waals surface area contributed by atoms with Crippen molar-refractivity contribution >= 4 is 23.2 Å². The number of carbonyl (C=O) groups excluding carboxylic acids is 1. The number of aryl methyl sites for hydroxylation is 1. The number of aromatic hydroxyl groups is 1. The molecule has 2 aromatic rings. The topological polar surface area (TPSA) is 40.5 Å². The number of amides is 1. The number of carbonyl (C=O) groups is 1. The predicted molar refractivity (Wildman–Crippen MR) is 77.0 cm³/mol. The van der Waals surface area contributed by atoms with Gasteiger partial charge >= 0.3 is 0 Å². The van der Waals surface area contributed by atoms with Gasteiger partial charge in [0.2, 0.25) is 0 Å². The first-order chi connectivity index (χ1) is 8.99. The maximum absolute atomic E-state index is 12.4. The Bertz CT molecular complexity index is 608. The normalized spacial score (nSPS) is 10.3. The first-order valence-corrected chi connectivity index (χ1v) is 6.20. The Kier molecular flexibility index (Phi) is 3.76. The van der Waals surface area contributed by atoms with E-state index in [2.05, 4.69) is 0 Å². The summed E-state index contributed by atoms with van der Waals surface area (Å²) in [6, 6.07) is 11.7. The molecule has 0 heterocycles. The number of phenolic OH excluding ortho intramolecular Hbond substituents is 1. The SMILES string of the molecule is Cc1ccc(Cl)cc1C(=O)N(C)c1ccc(O)cc1. The van der Waals surface area contributed by atoms with Crippen molar-refractivity contribution in [3.05, 3.63) is 58.6 Å². The molecule has 0 saturated heterocycles. The Balaban J connectivity index is 2.33. The van der Waals surface area contributed by atoms with Gasteiger partial charge < -0.3 is 10.0 Å². The zero-order valence-corrected chi connectivity index (χ0v) is 11.5. The third kappa shape index (κ3) is 2.88. The molecule has 0 aliphatic rings. The minimum Gasteiger partial charge on any atom is -0.508 e. The molecule has 0 aromatic heterocycles. The number of hydrogen-bond donors (Lipinski definition) is 1. The molecule has 98 valence electrons. The second-order valence-electron chi connectivity index (χ2n) is 4.34. The number of anilines is 1. The average molecular weight is 276 g/mol. The highest BCUT2D eigenvalue weighted by Crippen LogP contribution is 2.22. The first-order valence-electron chi connectivity index (χ1n) is 5.82. The summed E-state index contributed by atoms with van der Waals surface area (Å²) in [5, 5.41) is 9.79. The van der Waals surface area contributed by atoms with Crippen LogP contribution in [0.3, 0.4) is 0 Å². The highest BCUT2D eigenvalue weighted by atomic mass is 35.5. The third-order valence-corrected chi connectivity index (χ3v) is 3.21. The first kappa shape index (κ1) is 13.4. The molecule has 0 aliphatic carbocycles. The quantitative estimate of drug-likeness (QED) is 0.909. The number of phenols is 1. The maximum atomic E-state index is 12.4. The summed E-state index contributed by atoms with van der Waals surface area (Å²) in [5.74, 6) is 0.0363. The summed E-state index contributed by atoms with van der Waals surface area (Å²) in [7, 11) is 1.69. The number of hydrogen-bond acceptors (Lipinski definition) is 2. The van der Waals surface area contributed by atoms with E-state index in [4.69, 9.17) is 11.6 Å². The second-order valence-corrected chi connectivity index (χ2v) is 4.78. The molecule has 0 spiro atoms. The van der Waals surface area contributed by atoms with Gasteiger partial charge in [0.1, 0.15) is 5.75 Å². The van der Waals surface area contributed by atoms with Crippen molar-refractivity contribution in [2.45, 2.75) is 6.92 Å². The van der Waals surface area contributed by atoms with E-state index in [1.807, 2.05) is 13.0 Å².